The summed E-state index contributed by atoms with van der Waals surface area (Å²) in [6, 6.07) is 39.6. The molecule has 0 radical (unpaired) electrons. The largest absolute Gasteiger partial charge is 0.398 e. The summed E-state index contributed by atoms with van der Waals surface area (Å²) >= 11 is 0. The van der Waals surface area contributed by atoms with E-state index in [2.05, 4.69) is 224 Å². The SMILES string of the molecule is C=C/C=C\C(=C/C)c1cc(/C(C=C)=C/C=C\C)cc(-c2ccc3c(c2)C2(C=CC=C2)c2cc(N)c4ccccc4c2-3)c1.C=C/C=c1/cccc/c1=C/Cc1ccc(/C(C=C)=C(\C)CCC)c(C)c1.CC.CCN. The van der Waals surface area contributed by atoms with Crippen molar-refractivity contribution in [3.05, 3.63) is 276 Å². The van der Waals surface area contributed by atoms with Gasteiger partial charge in [0.1, 0.15) is 0 Å². The fraction of sp³-hybridized carbons (Fsp3) is 0.183. The molecule has 6 aromatic carbocycles. The van der Waals surface area contributed by atoms with Crippen LogP contribution in [0.3, 0.4) is 0 Å². The lowest BCUT2D eigenvalue weighted by Gasteiger charge is -2.24. The minimum Gasteiger partial charge on any atom is -0.398 e. The zero-order chi connectivity index (χ0) is 52.9. The second-order valence-electron chi connectivity index (χ2n) is 17.9. The first-order valence-electron chi connectivity index (χ1n) is 26.0. The number of benzene rings is 6. The van der Waals surface area contributed by atoms with Crippen LogP contribution in [0.5, 0.6) is 0 Å². The quantitative estimate of drug-likeness (QED) is 0.0844. The van der Waals surface area contributed by atoms with Crippen LogP contribution < -0.4 is 21.9 Å². The summed E-state index contributed by atoms with van der Waals surface area (Å²) < 4.78 is 0. The van der Waals surface area contributed by atoms with Crippen LogP contribution in [0.4, 0.5) is 5.69 Å². The lowest BCUT2D eigenvalue weighted by Crippen LogP contribution is -2.23. The van der Waals surface area contributed by atoms with Gasteiger partial charge in [0.05, 0.1) is 5.41 Å². The van der Waals surface area contributed by atoms with E-state index in [0.29, 0.717) is 0 Å². The summed E-state index contributed by atoms with van der Waals surface area (Å²) in [5.41, 5.74) is 30.5. The Morgan fingerprint density at radius 2 is 1.36 bits per heavy atom. The van der Waals surface area contributed by atoms with Gasteiger partial charge in [-0.1, -0.05) is 242 Å². The fourth-order valence-electron chi connectivity index (χ4n) is 9.80. The molecule has 0 aliphatic heterocycles. The molecular weight excluding hydrogens is 881 g/mol. The molecule has 0 amide bonds. The van der Waals surface area contributed by atoms with Crippen molar-refractivity contribution in [2.75, 3.05) is 12.3 Å². The van der Waals surface area contributed by atoms with Crippen molar-refractivity contribution in [2.45, 2.75) is 80.1 Å². The first-order chi connectivity index (χ1) is 35.6. The van der Waals surface area contributed by atoms with Gasteiger partial charge in [0.2, 0.25) is 0 Å². The first-order valence-corrected chi connectivity index (χ1v) is 26.0. The molecule has 0 aromatic heterocycles. The molecule has 1 spiro atoms. The summed E-state index contributed by atoms with van der Waals surface area (Å²) in [6.07, 6.45) is 36.5. The van der Waals surface area contributed by atoms with Gasteiger partial charge in [0.15, 0.2) is 0 Å². The molecule has 0 heterocycles. The third-order valence-electron chi connectivity index (χ3n) is 13.2. The maximum Gasteiger partial charge on any atom is 0.0582 e. The number of aryl methyl sites for hydroxylation is 1. The van der Waals surface area contributed by atoms with Gasteiger partial charge in [-0.25, -0.2) is 0 Å². The van der Waals surface area contributed by atoms with Crippen molar-refractivity contribution in [1.82, 2.24) is 0 Å². The summed E-state index contributed by atoms with van der Waals surface area (Å²) in [6.45, 7) is 33.2. The van der Waals surface area contributed by atoms with E-state index in [1.54, 1.807) is 0 Å². The molecule has 8 rings (SSSR count). The Hall–Kier alpha value is -7.78. The Bertz CT molecular complexity index is 3280. The Morgan fingerprint density at radius 1 is 0.685 bits per heavy atom. The Labute approximate surface area is 439 Å². The molecule has 6 aromatic rings. The van der Waals surface area contributed by atoms with Crippen LogP contribution in [0, 0.1) is 6.92 Å². The number of fused-ring (bicyclic) bond motifs is 7. The molecule has 0 saturated carbocycles. The van der Waals surface area contributed by atoms with E-state index in [1.165, 1.54) is 71.5 Å². The van der Waals surface area contributed by atoms with Gasteiger partial charge in [-0.2, -0.15) is 0 Å². The van der Waals surface area contributed by atoms with Gasteiger partial charge in [-0.15, -0.1) is 0 Å². The predicted molar refractivity (Wildman–Crippen MR) is 328 cm³/mol. The fourth-order valence-corrected chi connectivity index (χ4v) is 9.80. The van der Waals surface area contributed by atoms with E-state index < -0.39 is 0 Å². The predicted octanol–water partition coefficient (Wildman–Crippen LogP) is 17.5. The number of hydrogen-bond acceptors (Lipinski definition) is 2. The highest BCUT2D eigenvalue weighted by Gasteiger charge is 2.42. The Balaban J connectivity index is 0.000000274. The molecule has 2 nitrogen and oxygen atoms in total. The highest BCUT2D eigenvalue weighted by atomic mass is 14.6. The van der Waals surface area contributed by atoms with E-state index in [1.807, 2.05) is 64.2 Å². The van der Waals surface area contributed by atoms with Gasteiger partial charge in [0, 0.05) is 11.1 Å². The van der Waals surface area contributed by atoms with Gasteiger partial charge in [-0.05, 0) is 171 Å². The zero-order valence-electron chi connectivity index (χ0n) is 44.9. The van der Waals surface area contributed by atoms with Crippen LogP contribution in [0.1, 0.15) is 100 Å². The third-order valence-corrected chi connectivity index (χ3v) is 13.2. The van der Waals surface area contributed by atoms with Crippen molar-refractivity contribution in [2.24, 2.45) is 5.73 Å². The maximum atomic E-state index is 6.64. The van der Waals surface area contributed by atoms with Gasteiger partial charge in [0.25, 0.3) is 0 Å². The van der Waals surface area contributed by atoms with Crippen LogP contribution in [0.25, 0.3) is 61.9 Å². The van der Waals surface area contributed by atoms with Crippen LogP contribution in [0.2, 0.25) is 0 Å². The molecule has 2 aliphatic rings. The van der Waals surface area contributed by atoms with E-state index in [-0.39, 0.29) is 5.41 Å². The number of rotatable bonds is 14. The molecule has 372 valence electrons. The number of anilines is 1. The van der Waals surface area contributed by atoms with E-state index in [9.17, 15) is 0 Å². The molecule has 0 bridgehead atoms. The van der Waals surface area contributed by atoms with Crippen molar-refractivity contribution in [3.63, 3.8) is 0 Å². The number of hydrogen-bond donors (Lipinski definition) is 2. The highest BCUT2D eigenvalue weighted by molar-refractivity contribution is 6.08. The average molecular weight is 959 g/mol. The monoisotopic (exact) mass is 959 g/mol. The standard InChI is InChI=1S/C41H35N.C26H30.C2H7N.C2H6/c1-5-9-15-28(7-3)31-23-32(29(8-4)16-10-6-2)25-33(24-31)30-19-20-36-37(26-30)41(21-13-14-22-41)38-27-39(42)34-17-11-12-18-35(34)40(36)38;1-6-11-20(4)25(8-3)26-18-16-22(19-21(26)5)15-17-24-14-10-9-13-23(24)12-7-2;1-2-3;1-2/h5-27H,1,4,42H2,2-3H3;7-10,12-14,16-19H,2-3,6,11,15H2,1,4-5H3;2-3H2,1H3;1-2H3/b10-6-,15-9-,28-7+,29-16+;23-12-,24-17-,25-20+;;. The number of allylic oxidation sites excluding steroid dienone is 18. The van der Waals surface area contributed by atoms with Gasteiger partial charge >= 0.3 is 0 Å². The summed E-state index contributed by atoms with van der Waals surface area (Å²) in [7, 11) is 0. The minimum absolute atomic E-state index is 0.335. The number of nitrogens with two attached hydrogens (primary N) is 2. The van der Waals surface area contributed by atoms with Crippen molar-refractivity contribution in [1.29, 1.82) is 0 Å². The average Bonchev–Trinajstić information content (AvgIpc) is 4.01. The molecule has 2 aliphatic carbocycles. The maximum absolute atomic E-state index is 6.64. The summed E-state index contributed by atoms with van der Waals surface area (Å²) in [4.78, 5) is 0. The van der Waals surface area contributed by atoms with E-state index in [0.717, 1.165) is 64.7 Å². The molecule has 4 N–H and O–H groups in total. The molecule has 2 heteroatoms. The van der Waals surface area contributed by atoms with Crippen molar-refractivity contribution < 1.29 is 0 Å². The van der Waals surface area contributed by atoms with Crippen LogP contribution in [0.15, 0.2) is 226 Å². The summed E-state index contributed by atoms with van der Waals surface area (Å²) in [5, 5.41) is 4.76. The lowest BCUT2D eigenvalue weighted by molar-refractivity contribution is 0.860. The lowest BCUT2D eigenvalue weighted by atomic mass is 9.78. The van der Waals surface area contributed by atoms with E-state index >= 15 is 0 Å². The smallest absolute Gasteiger partial charge is 0.0582 e. The molecule has 0 atom stereocenters. The normalized spacial score (nSPS) is 13.9. The summed E-state index contributed by atoms with van der Waals surface area (Å²) in [5.74, 6) is 0. The molecule has 0 unspecified atom stereocenters. The minimum atomic E-state index is -0.335. The first kappa shape index (κ1) is 56.1. The van der Waals surface area contributed by atoms with Gasteiger partial charge in [-0.3, -0.25) is 0 Å². The van der Waals surface area contributed by atoms with Crippen molar-refractivity contribution >= 4 is 45.3 Å². The third kappa shape index (κ3) is 13.0. The van der Waals surface area contributed by atoms with Crippen LogP contribution in [-0.2, 0) is 11.8 Å². The van der Waals surface area contributed by atoms with Crippen molar-refractivity contribution in [3.8, 4) is 22.3 Å². The topological polar surface area (TPSA) is 52.0 Å². The Kier molecular flexibility index (Phi) is 21.3. The zero-order valence-corrected chi connectivity index (χ0v) is 44.9. The van der Waals surface area contributed by atoms with Gasteiger partial charge < -0.3 is 11.5 Å². The second-order valence-corrected chi connectivity index (χ2v) is 17.9. The molecule has 73 heavy (non-hydrogen) atoms. The Morgan fingerprint density at radius 3 is 1.97 bits per heavy atom. The molecular formula is C71H78N2. The molecule has 0 fully saturated rings. The van der Waals surface area contributed by atoms with Crippen LogP contribution in [-0.4, -0.2) is 6.54 Å². The highest BCUT2D eigenvalue weighted by Crippen LogP contribution is 2.56. The molecule has 0 saturated heterocycles. The number of nitrogen functional groups attached to an aromatic ring is 1. The van der Waals surface area contributed by atoms with E-state index in [4.69, 9.17) is 11.5 Å². The van der Waals surface area contributed by atoms with Crippen LogP contribution >= 0.6 is 0 Å². The second kappa shape index (κ2) is 27.7.